The van der Waals surface area contributed by atoms with Gasteiger partial charge in [-0.15, -0.1) is 0 Å². The molecular weight excluding hydrogens is 534 g/mol. The Bertz CT molecular complexity index is 1310. The predicted octanol–water partition coefficient (Wildman–Crippen LogP) is 6.11. The van der Waals surface area contributed by atoms with E-state index in [4.69, 9.17) is 4.42 Å². The number of alkyl halides is 3. The number of halogens is 4. The highest BCUT2D eigenvalue weighted by Gasteiger charge is 2.41. The molecule has 5 rings (SSSR count). The van der Waals surface area contributed by atoms with Crippen molar-refractivity contribution in [3.8, 4) is 16.9 Å². The monoisotopic (exact) mass is 549 g/mol. The molecule has 0 atom stereocenters. The summed E-state index contributed by atoms with van der Waals surface area (Å²) < 4.78 is 48.7. The molecule has 0 unspecified atom stereocenters. The first-order valence-electron chi connectivity index (χ1n) is 9.74. The lowest BCUT2D eigenvalue weighted by molar-refractivity contribution is -0.142. The van der Waals surface area contributed by atoms with Gasteiger partial charge in [0, 0.05) is 32.4 Å². The number of rotatable bonds is 3. The predicted molar refractivity (Wildman–Crippen MR) is 121 cm³/mol. The Morgan fingerprint density at radius 1 is 1.03 bits per heavy atom. The number of aromatic nitrogens is 2. The second kappa shape index (κ2) is 7.80. The van der Waals surface area contributed by atoms with Crippen molar-refractivity contribution in [3.05, 3.63) is 87.0 Å². The fourth-order valence-corrected chi connectivity index (χ4v) is 4.21. The Kier molecular flexibility index (Phi) is 5.07. The van der Waals surface area contributed by atoms with Crippen LogP contribution in [0.3, 0.4) is 0 Å². The lowest BCUT2D eigenvalue weighted by Crippen LogP contribution is -2.12. The van der Waals surface area contributed by atoms with Gasteiger partial charge in [0.05, 0.1) is 17.6 Å². The Balaban J connectivity index is 1.50. The van der Waals surface area contributed by atoms with Crippen molar-refractivity contribution in [1.29, 1.82) is 0 Å². The van der Waals surface area contributed by atoms with Crippen LogP contribution < -0.4 is 5.32 Å². The third kappa shape index (κ3) is 3.70. The number of benzene rings is 2. The maximum atomic E-state index is 13.7. The first-order chi connectivity index (χ1) is 15.3. The van der Waals surface area contributed by atoms with Crippen LogP contribution in [0.1, 0.15) is 27.4 Å². The number of hydrogen-bond acceptors (Lipinski definition) is 3. The van der Waals surface area contributed by atoms with E-state index in [1.807, 2.05) is 12.1 Å². The maximum absolute atomic E-state index is 13.7. The molecule has 162 valence electrons. The van der Waals surface area contributed by atoms with Gasteiger partial charge in [-0.05, 0) is 83.6 Å². The molecule has 2 aromatic heterocycles. The molecule has 0 radical (unpaired) electrons. The summed E-state index contributed by atoms with van der Waals surface area (Å²) in [7, 11) is 0. The van der Waals surface area contributed by atoms with Gasteiger partial charge in [0.1, 0.15) is 5.76 Å². The average molecular weight is 549 g/mol. The van der Waals surface area contributed by atoms with Crippen molar-refractivity contribution in [2.24, 2.45) is 0 Å². The summed E-state index contributed by atoms with van der Waals surface area (Å²) in [6.07, 6.45) is -2.50. The van der Waals surface area contributed by atoms with E-state index in [9.17, 15) is 18.0 Å². The van der Waals surface area contributed by atoms with Gasteiger partial charge in [0.25, 0.3) is 5.91 Å². The zero-order chi connectivity index (χ0) is 22.5. The van der Waals surface area contributed by atoms with Crippen molar-refractivity contribution >= 4 is 34.2 Å². The van der Waals surface area contributed by atoms with Gasteiger partial charge in [-0.3, -0.25) is 4.79 Å². The molecule has 0 spiro atoms. The number of furan rings is 1. The van der Waals surface area contributed by atoms with E-state index >= 15 is 0 Å². The first kappa shape index (κ1) is 20.8. The molecule has 1 amide bonds. The van der Waals surface area contributed by atoms with Crippen molar-refractivity contribution < 1.29 is 22.4 Å². The average Bonchev–Trinajstić information content (AvgIpc) is 3.39. The van der Waals surface area contributed by atoms with Crippen LogP contribution >= 0.6 is 22.6 Å². The first-order valence-corrected chi connectivity index (χ1v) is 10.8. The molecule has 0 saturated carbocycles. The number of aryl methyl sites for hydroxylation is 1. The van der Waals surface area contributed by atoms with Gasteiger partial charge in [0.2, 0.25) is 0 Å². The van der Waals surface area contributed by atoms with Crippen molar-refractivity contribution in [2.45, 2.75) is 19.0 Å². The fraction of sp³-hybridized carbons (Fsp3) is 0.130. The number of nitrogens with one attached hydrogen (secondary N) is 1. The topological polar surface area (TPSA) is 60.1 Å². The number of hydrogen-bond donors (Lipinski definition) is 1. The van der Waals surface area contributed by atoms with Crippen LogP contribution in [0, 0.1) is 3.57 Å². The molecule has 2 heterocycles. The van der Waals surface area contributed by atoms with Crippen molar-refractivity contribution in [2.75, 3.05) is 5.32 Å². The minimum atomic E-state index is -4.57. The number of carbonyl (C=O) groups excluding carboxylic acids is 1. The lowest BCUT2D eigenvalue weighted by Gasteiger charge is -2.15. The molecule has 0 aliphatic heterocycles. The van der Waals surface area contributed by atoms with Crippen LogP contribution in [0.5, 0.6) is 0 Å². The zero-order valence-electron chi connectivity index (χ0n) is 16.4. The minimum absolute atomic E-state index is 0.159. The summed E-state index contributed by atoms with van der Waals surface area (Å²) in [5, 5.41) is 6.71. The largest absolute Gasteiger partial charge is 0.469 e. The van der Waals surface area contributed by atoms with E-state index in [2.05, 4.69) is 33.0 Å². The minimum Gasteiger partial charge on any atom is -0.469 e. The molecule has 1 N–H and O–H groups in total. The Morgan fingerprint density at radius 3 is 2.44 bits per heavy atom. The molecule has 1 aliphatic rings. The number of amides is 1. The molecule has 9 heteroatoms. The Labute approximate surface area is 194 Å². The molecule has 2 aromatic carbocycles. The number of anilines is 1. The summed E-state index contributed by atoms with van der Waals surface area (Å²) in [6.45, 7) is 0. The van der Waals surface area contributed by atoms with Gasteiger partial charge < -0.3 is 9.73 Å². The van der Waals surface area contributed by atoms with Gasteiger partial charge in [-0.1, -0.05) is 0 Å². The molecule has 4 aromatic rings. The Hall–Kier alpha value is -3.08. The summed E-state index contributed by atoms with van der Waals surface area (Å²) in [5.41, 5.74) is 1.72. The second-order valence-electron chi connectivity index (χ2n) is 7.35. The highest BCUT2D eigenvalue weighted by atomic mass is 127. The van der Waals surface area contributed by atoms with E-state index < -0.39 is 11.9 Å². The highest BCUT2D eigenvalue weighted by molar-refractivity contribution is 14.1. The summed E-state index contributed by atoms with van der Waals surface area (Å²) in [4.78, 5) is 12.5. The summed E-state index contributed by atoms with van der Waals surface area (Å²) in [5.74, 6) is 0.328. The third-order valence-corrected chi connectivity index (χ3v) is 6.05. The Morgan fingerprint density at radius 2 is 1.75 bits per heavy atom. The highest BCUT2D eigenvalue weighted by Crippen LogP contribution is 2.42. The van der Waals surface area contributed by atoms with Crippen LogP contribution in [0.15, 0.2) is 65.3 Å². The standard InChI is InChI=1S/C23H15F3IN3O2/c24-23(25,26)21-18-9-10-19-17(11-12-32-19)20(18)30(29-21)16-7-1-13(2-8-16)22(31)28-15-5-3-14(27)4-6-15/h1-8,11-12H,9-10H2,(H,28,31). The smallest absolute Gasteiger partial charge is 0.435 e. The SMILES string of the molecule is O=C(Nc1ccc(I)cc1)c1ccc(-n2nc(C(F)(F)F)c3c2-c2ccoc2CC3)cc1. The van der Waals surface area contributed by atoms with Crippen LogP contribution in [0.2, 0.25) is 0 Å². The number of fused-ring (bicyclic) bond motifs is 3. The summed E-state index contributed by atoms with van der Waals surface area (Å²) >= 11 is 2.17. The molecule has 5 nitrogen and oxygen atoms in total. The second-order valence-corrected chi connectivity index (χ2v) is 8.60. The zero-order valence-corrected chi connectivity index (χ0v) is 18.6. The van der Waals surface area contributed by atoms with E-state index in [0.29, 0.717) is 40.4 Å². The van der Waals surface area contributed by atoms with Crippen LogP contribution in [-0.4, -0.2) is 15.7 Å². The fourth-order valence-electron chi connectivity index (χ4n) is 3.85. The van der Waals surface area contributed by atoms with E-state index in [0.717, 1.165) is 3.57 Å². The third-order valence-electron chi connectivity index (χ3n) is 5.33. The number of carbonyl (C=O) groups is 1. The summed E-state index contributed by atoms with van der Waals surface area (Å²) in [6, 6.07) is 15.3. The quantitative estimate of drug-likeness (QED) is 0.314. The molecule has 1 aliphatic carbocycles. The molecule has 0 saturated heterocycles. The van der Waals surface area contributed by atoms with Crippen LogP contribution in [-0.2, 0) is 19.0 Å². The van der Waals surface area contributed by atoms with Crippen LogP contribution in [0.4, 0.5) is 18.9 Å². The van der Waals surface area contributed by atoms with Gasteiger partial charge in [-0.25, -0.2) is 4.68 Å². The van der Waals surface area contributed by atoms with Crippen molar-refractivity contribution in [1.82, 2.24) is 9.78 Å². The van der Waals surface area contributed by atoms with Crippen molar-refractivity contribution in [3.63, 3.8) is 0 Å². The molecule has 0 bridgehead atoms. The molecule has 0 fully saturated rings. The molecular formula is C23H15F3IN3O2. The van der Waals surface area contributed by atoms with Gasteiger partial charge in [-0.2, -0.15) is 18.3 Å². The van der Waals surface area contributed by atoms with Crippen LogP contribution in [0.25, 0.3) is 16.9 Å². The van der Waals surface area contributed by atoms with E-state index in [1.54, 1.807) is 42.5 Å². The molecule has 32 heavy (non-hydrogen) atoms. The maximum Gasteiger partial charge on any atom is 0.435 e. The lowest BCUT2D eigenvalue weighted by atomic mass is 9.94. The normalized spacial score (nSPS) is 12.9. The van der Waals surface area contributed by atoms with Gasteiger partial charge >= 0.3 is 6.18 Å². The van der Waals surface area contributed by atoms with E-state index in [1.165, 1.54) is 10.9 Å². The van der Waals surface area contributed by atoms with E-state index in [-0.39, 0.29) is 17.9 Å². The number of nitrogens with zero attached hydrogens (tertiary/aromatic N) is 2. The van der Waals surface area contributed by atoms with Gasteiger partial charge in [0.15, 0.2) is 5.69 Å².